The van der Waals surface area contributed by atoms with Crippen molar-refractivity contribution in [2.24, 2.45) is 0 Å². The van der Waals surface area contributed by atoms with Gasteiger partial charge in [-0.15, -0.1) is 0 Å². The van der Waals surface area contributed by atoms with E-state index < -0.39 is 0 Å². The van der Waals surface area contributed by atoms with Crippen molar-refractivity contribution in [2.75, 3.05) is 23.4 Å². The third-order valence-corrected chi connectivity index (χ3v) is 2.37. The van der Waals surface area contributed by atoms with Crippen LogP contribution in [0.1, 0.15) is 0 Å². The number of hydrogen-bond acceptors (Lipinski definition) is 5. The predicted octanol–water partition coefficient (Wildman–Crippen LogP) is 2.50. The first-order valence-electron chi connectivity index (χ1n) is 5.02. The Morgan fingerprint density at radius 1 is 1.12 bits per heavy atom. The summed E-state index contributed by atoms with van der Waals surface area (Å²) in [6.07, 6.45) is 0. The summed E-state index contributed by atoms with van der Waals surface area (Å²) in [6.45, 7) is 0. The van der Waals surface area contributed by atoms with Gasteiger partial charge in [0.1, 0.15) is 11.6 Å². The summed E-state index contributed by atoms with van der Waals surface area (Å²) in [4.78, 5) is 8.08. The Hall–Kier alpha value is -2.01. The number of nitrogen functional groups attached to an aromatic ring is 1. The molecule has 0 atom stereocenters. The van der Waals surface area contributed by atoms with Gasteiger partial charge in [0.2, 0.25) is 5.95 Å². The molecule has 0 aliphatic rings. The molecular formula is C11H12ClN5. The highest BCUT2D eigenvalue weighted by atomic mass is 35.5. The van der Waals surface area contributed by atoms with E-state index in [1.54, 1.807) is 25.2 Å². The molecule has 1 heterocycles. The molecule has 0 aliphatic heterocycles. The van der Waals surface area contributed by atoms with Crippen LogP contribution in [-0.2, 0) is 0 Å². The molecule has 88 valence electrons. The van der Waals surface area contributed by atoms with Crippen LogP contribution in [0.15, 0.2) is 30.3 Å². The summed E-state index contributed by atoms with van der Waals surface area (Å²) in [5, 5.41) is 6.72. The number of hydrogen-bond donors (Lipinski definition) is 3. The smallest absolute Gasteiger partial charge is 0.223 e. The molecular weight excluding hydrogens is 238 g/mol. The van der Waals surface area contributed by atoms with Crippen LogP contribution in [0, 0.1) is 0 Å². The second-order valence-corrected chi connectivity index (χ2v) is 3.81. The van der Waals surface area contributed by atoms with E-state index in [-0.39, 0.29) is 5.95 Å². The molecule has 6 heteroatoms. The van der Waals surface area contributed by atoms with Crippen molar-refractivity contribution in [2.45, 2.75) is 0 Å². The van der Waals surface area contributed by atoms with Crippen molar-refractivity contribution in [1.82, 2.24) is 9.97 Å². The zero-order valence-corrected chi connectivity index (χ0v) is 9.99. The minimum absolute atomic E-state index is 0.216. The largest absolute Gasteiger partial charge is 0.373 e. The molecule has 0 aliphatic carbocycles. The topological polar surface area (TPSA) is 75.9 Å². The number of benzene rings is 1. The summed E-state index contributed by atoms with van der Waals surface area (Å²) in [5.74, 6) is 1.51. The number of aromatic nitrogens is 2. The Kier molecular flexibility index (Phi) is 3.30. The number of nitrogens with two attached hydrogens (primary N) is 1. The van der Waals surface area contributed by atoms with Gasteiger partial charge in [-0.05, 0) is 24.3 Å². The van der Waals surface area contributed by atoms with Gasteiger partial charge in [-0.2, -0.15) is 9.97 Å². The molecule has 0 spiro atoms. The lowest BCUT2D eigenvalue weighted by atomic mass is 10.3. The Morgan fingerprint density at radius 2 is 1.76 bits per heavy atom. The van der Waals surface area contributed by atoms with Crippen LogP contribution in [0.5, 0.6) is 0 Å². The van der Waals surface area contributed by atoms with E-state index in [1.165, 1.54) is 0 Å². The summed E-state index contributed by atoms with van der Waals surface area (Å²) < 4.78 is 0. The fraction of sp³-hybridized carbons (Fsp3) is 0.0909. The molecule has 0 unspecified atom stereocenters. The number of rotatable bonds is 3. The van der Waals surface area contributed by atoms with Gasteiger partial charge >= 0.3 is 0 Å². The lowest BCUT2D eigenvalue weighted by Gasteiger charge is -2.08. The van der Waals surface area contributed by atoms with Gasteiger partial charge < -0.3 is 16.4 Å². The highest BCUT2D eigenvalue weighted by Crippen LogP contribution is 2.19. The van der Waals surface area contributed by atoms with Gasteiger partial charge in [0.05, 0.1) is 0 Å². The molecule has 0 fully saturated rings. The number of nitrogens with one attached hydrogen (secondary N) is 2. The monoisotopic (exact) mass is 249 g/mol. The molecule has 0 saturated heterocycles. The molecule has 0 bridgehead atoms. The van der Waals surface area contributed by atoms with Crippen LogP contribution >= 0.6 is 11.6 Å². The lowest BCUT2D eigenvalue weighted by molar-refractivity contribution is 1.17. The van der Waals surface area contributed by atoms with Crippen molar-refractivity contribution in [3.63, 3.8) is 0 Å². The van der Waals surface area contributed by atoms with Gasteiger partial charge in [-0.1, -0.05) is 11.6 Å². The molecule has 5 nitrogen and oxygen atoms in total. The molecule has 0 amide bonds. The summed E-state index contributed by atoms with van der Waals surface area (Å²) in [7, 11) is 1.77. The molecule has 0 radical (unpaired) electrons. The average molecular weight is 250 g/mol. The lowest BCUT2D eigenvalue weighted by Crippen LogP contribution is -2.03. The molecule has 1 aromatic heterocycles. The number of halogens is 1. The van der Waals surface area contributed by atoms with Crippen molar-refractivity contribution in [3.05, 3.63) is 35.4 Å². The molecule has 17 heavy (non-hydrogen) atoms. The quantitative estimate of drug-likeness (QED) is 0.779. The first-order chi connectivity index (χ1) is 8.17. The van der Waals surface area contributed by atoms with Crippen molar-refractivity contribution >= 4 is 34.9 Å². The fourth-order valence-corrected chi connectivity index (χ4v) is 1.47. The van der Waals surface area contributed by atoms with E-state index in [1.807, 2.05) is 12.1 Å². The Balaban J connectivity index is 2.23. The Bertz CT molecular complexity index is 512. The van der Waals surface area contributed by atoms with Crippen LogP contribution in [0.25, 0.3) is 0 Å². The molecule has 1 aromatic carbocycles. The zero-order valence-electron chi connectivity index (χ0n) is 9.24. The summed E-state index contributed by atoms with van der Waals surface area (Å²) in [5.41, 5.74) is 6.47. The Labute approximate surface area is 104 Å². The van der Waals surface area contributed by atoms with Crippen molar-refractivity contribution in [3.8, 4) is 0 Å². The minimum atomic E-state index is 0.216. The second kappa shape index (κ2) is 4.88. The van der Waals surface area contributed by atoms with E-state index >= 15 is 0 Å². The van der Waals surface area contributed by atoms with Crippen LogP contribution < -0.4 is 16.4 Å². The second-order valence-electron chi connectivity index (χ2n) is 3.38. The SMILES string of the molecule is CNc1cc(Nc2ccc(Cl)cc2)nc(N)n1. The molecule has 0 saturated carbocycles. The standard InChI is InChI=1S/C11H12ClN5/c1-14-9-6-10(17-11(13)16-9)15-8-4-2-7(12)3-5-8/h2-6H,1H3,(H4,13,14,15,16,17). The van der Waals surface area contributed by atoms with E-state index in [4.69, 9.17) is 17.3 Å². The third kappa shape index (κ3) is 2.98. The maximum Gasteiger partial charge on any atom is 0.223 e. The predicted molar refractivity (Wildman–Crippen MR) is 70.7 cm³/mol. The minimum Gasteiger partial charge on any atom is -0.373 e. The van der Waals surface area contributed by atoms with E-state index in [0.29, 0.717) is 16.7 Å². The average Bonchev–Trinajstić information content (AvgIpc) is 2.31. The first-order valence-corrected chi connectivity index (χ1v) is 5.40. The van der Waals surface area contributed by atoms with Gasteiger partial charge in [0, 0.05) is 23.8 Å². The number of nitrogens with zero attached hydrogens (tertiary/aromatic N) is 2. The van der Waals surface area contributed by atoms with Gasteiger partial charge in [-0.3, -0.25) is 0 Å². The van der Waals surface area contributed by atoms with E-state index in [9.17, 15) is 0 Å². The number of anilines is 4. The molecule has 2 rings (SSSR count). The van der Waals surface area contributed by atoms with Crippen LogP contribution in [0.2, 0.25) is 5.02 Å². The van der Waals surface area contributed by atoms with Crippen LogP contribution in [0.4, 0.5) is 23.3 Å². The Morgan fingerprint density at radius 3 is 2.41 bits per heavy atom. The van der Waals surface area contributed by atoms with Crippen LogP contribution in [0.3, 0.4) is 0 Å². The highest BCUT2D eigenvalue weighted by Gasteiger charge is 2.01. The normalized spacial score (nSPS) is 10.0. The zero-order chi connectivity index (χ0) is 12.3. The third-order valence-electron chi connectivity index (χ3n) is 2.12. The summed E-state index contributed by atoms with van der Waals surface area (Å²) in [6, 6.07) is 9.09. The van der Waals surface area contributed by atoms with Crippen molar-refractivity contribution in [1.29, 1.82) is 0 Å². The van der Waals surface area contributed by atoms with Gasteiger partial charge in [0.15, 0.2) is 0 Å². The maximum absolute atomic E-state index is 5.80. The first kappa shape index (κ1) is 11.5. The highest BCUT2D eigenvalue weighted by molar-refractivity contribution is 6.30. The van der Waals surface area contributed by atoms with Gasteiger partial charge in [-0.25, -0.2) is 0 Å². The fourth-order valence-electron chi connectivity index (χ4n) is 1.34. The molecule has 2 aromatic rings. The van der Waals surface area contributed by atoms with Crippen LogP contribution in [-0.4, -0.2) is 17.0 Å². The van der Waals surface area contributed by atoms with E-state index in [2.05, 4.69) is 20.6 Å². The maximum atomic E-state index is 5.80. The summed E-state index contributed by atoms with van der Waals surface area (Å²) >= 11 is 5.80. The molecule has 4 N–H and O–H groups in total. The van der Waals surface area contributed by atoms with Crippen molar-refractivity contribution < 1.29 is 0 Å². The van der Waals surface area contributed by atoms with Gasteiger partial charge in [0.25, 0.3) is 0 Å². The van der Waals surface area contributed by atoms with E-state index in [0.717, 1.165) is 5.69 Å².